The van der Waals surface area contributed by atoms with E-state index in [2.05, 4.69) is 25.8 Å². The number of rotatable bonds is 11. The normalized spacial score (nSPS) is 14.0. The molecule has 0 atom stereocenters. The molecule has 1 aromatic heterocycles. The number of amides is 1. The van der Waals surface area contributed by atoms with Crippen molar-refractivity contribution in [2.75, 3.05) is 62.9 Å². The molecule has 8 nitrogen and oxygen atoms in total. The molecular formula is C31H34FN7O. The number of fused-ring (bicyclic) bond motifs is 1. The highest BCUT2D eigenvalue weighted by molar-refractivity contribution is 6.00. The summed E-state index contributed by atoms with van der Waals surface area (Å²) in [5.41, 5.74) is 5.33. The summed E-state index contributed by atoms with van der Waals surface area (Å²) in [5, 5.41) is 10.6. The summed E-state index contributed by atoms with van der Waals surface area (Å²) in [6, 6.07) is 22.1. The highest BCUT2D eigenvalue weighted by atomic mass is 19.1. The molecule has 3 N–H and O–H groups in total. The van der Waals surface area contributed by atoms with Gasteiger partial charge in [-0.2, -0.15) is 0 Å². The highest BCUT2D eigenvalue weighted by Gasteiger charge is 2.25. The van der Waals surface area contributed by atoms with Gasteiger partial charge in [0.1, 0.15) is 6.67 Å². The first-order chi connectivity index (χ1) is 19.5. The third kappa shape index (κ3) is 6.99. The zero-order valence-electron chi connectivity index (χ0n) is 22.8. The molecule has 2 heterocycles. The van der Waals surface area contributed by atoms with Gasteiger partial charge in [0.25, 0.3) is 0 Å². The largest absolute Gasteiger partial charge is 0.380 e. The van der Waals surface area contributed by atoms with Gasteiger partial charge in [-0.1, -0.05) is 36.4 Å². The summed E-state index contributed by atoms with van der Waals surface area (Å²) >= 11 is 0. The van der Waals surface area contributed by atoms with Crippen LogP contribution in [0.15, 0.2) is 85.1 Å². The molecule has 1 fully saturated rings. The summed E-state index contributed by atoms with van der Waals surface area (Å²) in [4.78, 5) is 25.8. The van der Waals surface area contributed by atoms with Gasteiger partial charge in [-0.25, -0.2) is 14.4 Å². The lowest BCUT2D eigenvalue weighted by Gasteiger charge is -2.39. The van der Waals surface area contributed by atoms with E-state index < -0.39 is 0 Å². The number of aromatic nitrogens is 2. The fourth-order valence-electron chi connectivity index (χ4n) is 4.65. The van der Waals surface area contributed by atoms with Crippen LogP contribution in [0.4, 0.5) is 27.4 Å². The topological polar surface area (TPSA) is 85.4 Å². The van der Waals surface area contributed by atoms with Gasteiger partial charge in [-0.15, -0.1) is 0 Å². The van der Waals surface area contributed by atoms with E-state index in [4.69, 9.17) is 4.98 Å². The maximum atomic E-state index is 12.5. The second kappa shape index (κ2) is 12.7. The first-order valence-electron chi connectivity index (χ1n) is 13.4. The van der Waals surface area contributed by atoms with Crippen LogP contribution in [0.2, 0.25) is 0 Å². The van der Waals surface area contributed by atoms with Crippen LogP contribution in [0.5, 0.6) is 0 Å². The number of halogens is 1. The summed E-state index contributed by atoms with van der Waals surface area (Å²) in [7, 11) is 3.91. The predicted octanol–water partition coefficient (Wildman–Crippen LogP) is 5.16. The Bertz CT molecular complexity index is 1480. The Kier molecular flexibility index (Phi) is 8.63. The highest BCUT2D eigenvalue weighted by Crippen LogP contribution is 2.30. The summed E-state index contributed by atoms with van der Waals surface area (Å²) < 4.78 is 12.5. The number of hydrogen-bond acceptors (Lipinski definition) is 7. The minimum absolute atomic E-state index is 0.168. The van der Waals surface area contributed by atoms with E-state index in [1.54, 1.807) is 6.08 Å². The average molecular weight is 540 g/mol. The molecule has 206 valence electrons. The molecule has 1 saturated heterocycles. The minimum atomic E-state index is -0.300. The van der Waals surface area contributed by atoms with Crippen molar-refractivity contribution in [2.45, 2.75) is 6.04 Å². The number of hydrogen-bond donors (Lipinski definition) is 3. The second-order valence-electron chi connectivity index (χ2n) is 10.2. The molecule has 1 aliphatic rings. The Morgan fingerprint density at radius 2 is 1.82 bits per heavy atom. The van der Waals surface area contributed by atoms with Gasteiger partial charge in [0.15, 0.2) is 0 Å². The molecule has 0 saturated carbocycles. The number of nitrogens with zero attached hydrogens (tertiary/aromatic N) is 4. The Balaban J connectivity index is 1.28. The van der Waals surface area contributed by atoms with E-state index in [9.17, 15) is 9.18 Å². The van der Waals surface area contributed by atoms with Crippen molar-refractivity contribution < 1.29 is 9.18 Å². The number of likely N-dealkylation sites (tertiary alicyclic amines) is 1. The Hall–Kier alpha value is -4.34. The van der Waals surface area contributed by atoms with Crippen LogP contribution in [-0.2, 0) is 4.79 Å². The van der Waals surface area contributed by atoms with Crippen molar-refractivity contribution in [3.8, 4) is 11.1 Å². The number of alkyl halides is 1. The molecule has 0 bridgehead atoms. The molecule has 9 heteroatoms. The molecule has 1 aliphatic heterocycles. The van der Waals surface area contributed by atoms with Crippen LogP contribution in [0.1, 0.15) is 0 Å². The maximum absolute atomic E-state index is 12.5. The summed E-state index contributed by atoms with van der Waals surface area (Å²) in [6.45, 7) is 2.62. The standard InChI is InChI=1S/C31H34FN7O/c1-38(2)16-5-10-29(40)35-26-8-3-6-22(18-26)28-9-4-7-23-19-33-31(37-30(23)28)36-25-13-11-24(12-14-25)34-27-20-39(21-27)17-15-32/h3-14,18-19,27,34H,15-17,20-21H2,1-2H3,(H,35,40)(H,33,36,37). The quantitative estimate of drug-likeness (QED) is 0.227. The van der Waals surface area contributed by atoms with Gasteiger partial charge >= 0.3 is 0 Å². The van der Waals surface area contributed by atoms with Crippen molar-refractivity contribution in [3.05, 3.63) is 85.1 Å². The van der Waals surface area contributed by atoms with E-state index in [0.29, 0.717) is 30.8 Å². The second-order valence-corrected chi connectivity index (χ2v) is 10.2. The first kappa shape index (κ1) is 27.2. The number of likely N-dealkylation sites (N-methyl/N-ethyl adjacent to an activating group) is 1. The number of anilines is 4. The SMILES string of the molecule is CN(C)CC=CC(=O)Nc1cccc(-c2cccc3cnc(Nc4ccc(NC5CN(CCF)C5)cc4)nc23)c1. The number of nitrogens with one attached hydrogen (secondary N) is 3. The fourth-order valence-corrected chi connectivity index (χ4v) is 4.65. The average Bonchev–Trinajstić information content (AvgIpc) is 2.92. The van der Waals surface area contributed by atoms with Gasteiger partial charge in [0, 0.05) is 66.5 Å². The Morgan fingerprint density at radius 3 is 2.60 bits per heavy atom. The van der Waals surface area contributed by atoms with E-state index in [1.165, 1.54) is 0 Å². The fraction of sp³-hybridized carbons (Fsp3) is 0.258. The van der Waals surface area contributed by atoms with Gasteiger partial charge in [0.05, 0.1) is 11.6 Å². The van der Waals surface area contributed by atoms with Crippen molar-refractivity contribution in [1.82, 2.24) is 19.8 Å². The molecule has 0 spiro atoms. The Labute approximate surface area is 233 Å². The maximum Gasteiger partial charge on any atom is 0.248 e. The van der Waals surface area contributed by atoms with Crippen LogP contribution in [0, 0.1) is 0 Å². The Morgan fingerprint density at radius 1 is 1.05 bits per heavy atom. The molecule has 4 aromatic rings. The summed E-state index contributed by atoms with van der Waals surface area (Å²) in [6.07, 6.45) is 5.19. The van der Waals surface area contributed by atoms with E-state index >= 15 is 0 Å². The van der Waals surface area contributed by atoms with Crippen molar-refractivity contribution in [1.29, 1.82) is 0 Å². The van der Waals surface area contributed by atoms with E-state index in [-0.39, 0.29) is 12.6 Å². The lowest BCUT2D eigenvalue weighted by molar-refractivity contribution is -0.111. The van der Waals surface area contributed by atoms with Crippen LogP contribution in [-0.4, -0.2) is 78.7 Å². The lowest BCUT2D eigenvalue weighted by Crippen LogP contribution is -2.55. The van der Waals surface area contributed by atoms with Crippen molar-refractivity contribution in [3.63, 3.8) is 0 Å². The zero-order chi connectivity index (χ0) is 27.9. The monoisotopic (exact) mass is 539 g/mol. The van der Waals surface area contributed by atoms with Gasteiger partial charge in [0.2, 0.25) is 11.9 Å². The number of benzene rings is 3. The molecule has 0 unspecified atom stereocenters. The smallest absolute Gasteiger partial charge is 0.248 e. The number of carbonyl (C=O) groups is 1. The van der Waals surface area contributed by atoms with Gasteiger partial charge < -0.3 is 20.9 Å². The van der Waals surface area contributed by atoms with Gasteiger partial charge in [-0.05, 0) is 56.1 Å². The zero-order valence-corrected chi connectivity index (χ0v) is 22.8. The lowest BCUT2D eigenvalue weighted by atomic mass is 10.0. The van der Waals surface area contributed by atoms with Crippen LogP contribution < -0.4 is 16.0 Å². The number of carbonyl (C=O) groups excluding carboxylic acids is 1. The number of para-hydroxylation sites is 1. The van der Waals surface area contributed by atoms with E-state index in [1.807, 2.05) is 98.0 Å². The molecule has 0 radical (unpaired) electrons. The molecule has 40 heavy (non-hydrogen) atoms. The van der Waals surface area contributed by atoms with Crippen LogP contribution in [0.25, 0.3) is 22.0 Å². The van der Waals surface area contributed by atoms with E-state index in [0.717, 1.165) is 46.5 Å². The van der Waals surface area contributed by atoms with Crippen LogP contribution in [0.3, 0.4) is 0 Å². The van der Waals surface area contributed by atoms with Crippen LogP contribution >= 0.6 is 0 Å². The molecule has 0 aliphatic carbocycles. The van der Waals surface area contributed by atoms with Crippen molar-refractivity contribution >= 4 is 39.8 Å². The molecule has 5 rings (SSSR count). The third-order valence-electron chi connectivity index (χ3n) is 6.66. The summed E-state index contributed by atoms with van der Waals surface area (Å²) in [5.74, 6) is 0.329. The predicted molar refractivity (Wildman–Crippen MR) is 161 cm³/mol. The van der Waals surface area contributed by atoms with Crippen molar-refractivity contribution in [2.24, 2.45) is 0 Å². The molecule has 1 amide bonds. The third-order valence-corrected chi connectivity index (χ3v) is 6.66. The minimum Gasteiger partial charge on any atom is -0.380 e. The molecular weight excluding hydrogens is 505 g/mol. The molecule has 3 aromatic carbocycles. The first-order valence-corrected chi connectivity index (χ1v) is 13.4. The van der Waals surface area contributed by atoms with Gasteiger partial charge in [-0.3, -0.25) is 9.69 Å².